The summed E-state index contributed by atoms with van der Waals surface area (Å²) in [7, 11) is 2.88. The number of amides is 4. The van der Waals surface area contributed by atoms with E-state index in [1.54, 1.807) is 17.0 Å². The number of anilines is 2. The first-order chi connectivity index (χ1) is 30.9. The van der Waals surface area contributed by atoms with Crippen LogP contribution in [0.3, 0.4) is 0 Å². The van der Waals surface area contributed by atoms with Gasteiger partial charge in [0, 0.05) is 43.9 Å². The fraction of sp³-hybridized carbons (Fsp3) is 0.404. The van der Waals surface area contributed by atoms with Gasteiger partial charge in [0.25, 0.3) is 11.8 Å². The minimum Gasteiger partial charge on any atom is -0.493 e. The number of carbonyl (C=O) groups is 4. The standard InChI is InChI=1S/C47H53N5O12/c1-5-16-63-44(57)49-15-12-32-20-31(30-10-8-29(26-53)9-11-30)25-50(32)41(54)33-21-37(59-3)39(23-35(33)49)61-18-7-19-62-40-24-36-34(22-38(40)60-4)42(55)51-28-46(13-14-46)27-47(51,48)43(56)52(36)45(58)64-17-6-2/h5-6,8-11,21-25,32,43,53,56H,1-2,7,12-20,26-28,48H2,3-4H3/t32-,43?,47+/m1/s1. The summed E-state index contributed by atoms with van der Waals surface area (Å²) in [5.41, 5.74) is 8.37. The quantitative estimate of drug-likeness (QED) is 0.134. The third-order valence-corrected chi connectivity index (χ3v) is 12.6. The number of carbonyl (C=O) groups excluding carboxylic acids is 4. The Morgan fingerprint density at radius 3 is 2.06 bits per heavy atom. The van der Waals surface area contributed by atoms with Crippen LogP contribution >= 0.6 is 0 Å². The highest BCUT2D eigenvalue weighted by Crippen LogP contribution is 2.59. The normalized spacial score (nSPS) is 21.6. The highest BCUT2D eigenvalue weighted by atomic mass is 16.6. The molecule has 3 aromatic carbocycles. The van der Waals surface area contributed by atoms with E-state index in [9.17, 15) is 29.4 Å². The third-order valence-electron chi connectivity index (χ3n) is 12.6. The summed E-state index contributed by atoms with van der Waals surface area (Å²) in [6, 6.07) is 13.4. The van der Waals surface area contributed by atoms with Gasteiger partial charge in [-0.1, -0.05) is 49.6 Å². The smallest absolute Gasteiger partial charge is 0.416 e. The van der Waals surface area contributed by atoms with E-state index in [-0.39, 0.29) is 102 Å². The largest absolute Gasteiger partial charge is 0.493 e. The maximum absolute atomic E-state index is 14.4. The first kappa shape index (κ1) is 44.1. The van der Waals surface area contributed by atoms with Gasteiger partial charge in [-0.3, -0.25) is 14.5 Å². The van der Waals surface area contributed by atoms with Crippen molar-refractivity contribution in [2.45, 2.75) is 63.1 Å². The average Bonchev–Trinajstić information content (AvgIpc) is 3.82. The van der Waals surface area contributed by atoms with Crippen molar-refractivity contribution in [2.24, 2.45) is 11.1 Å². The molecule has 8 rings (SSSR count). The van der Waals surface area contributed by atoms with Gasteiger partial charge in [-0.05, 0) is 66.4 Å². The van der Waals surface area contributed by atoms with E-state index in [0.717, 1.165) is 34.4 Å². The van der Waals surface area contributed by atoms with Crippen molar-refractivity contribution in [1.29, 1.82) is 0 Å². The Morgan fingerprint density at radius 1 is 0.859 bits per heavy atom. The van der Waals surface area contributed by atoms with Crippen molar-refractivity contribution < 1.29 is 57.8 Å². The van der Waals surface area contributed by atoms with Crippen LogP contribution in [-0.4, -0.2) is 116 Å². The Kier molecular flexibility index (Phi) is 12.3. The van der Waals surface area contributed by atoms with Crippen LogP contribution in [-0.2, 0) is 16.1 Å². The second kappa shape index (κ2) is 17.9. The number of fused-ring (bicyclic) bond motifs is 4. The zero-order valence-electron chi connectivity index (χ0n) is 36.0. The van der Waals surface area contributed by atoms with Crippen LogP contribution in [0.25, 0.3) is 5.57 Å². The summed E-state index contributed by atoms with van der Waals surface area (Å²) in [6.45, 7) is 7.77. The first-order valence-corrected chi connectivity index (χ1v) is 21.2. The molecule has 4 N–H and O–H groups in total. The number of ether oxygens (including phenoxy) is 6. The van der Waals surface area contributed by atoms with E-state index in [4.69, 9.17) is 34.2 Å². The number of aliphatic hydroxyl groups excluding tert-OH is 2. The maximum Gasteiger partial charge on any atom is 0.416 e. The molecule has 17 nitrogen and oxygen atoms in total. The number of hydrogen-bond donors (Lipinski definition) is 3. The highest BCUT2D eigenvalue weighted by Gasteiger charge is 2.64. The van der Waals surface area contributed by atoms with Gasteiger partial charge < -0.3 is 54.2 Å². The molecule has 17 heteroatoms. The Morgan fingerprint density at radius 2 is 1.47 bits per heavy atom. The number of rotatable bonds is 14. The van der Waals surface area contributed by atoms with Crippen molar-refractivity contribution >= 4 is 40.9 Å². The van der Waals surface area contributed by atoms with Gasteiger partial charge >= 0.3 is 12.2 Å². The van der Waals surface area contributed by atoms with Gasteiger partial charge in [0.15, 0.2) is 29.2 Å². The Hall–Kier alpha value is -6.56. The second-order valence-electron chi connectivity index (χ2n) is 16.6. The minimum atomic E-state index is -1.64. The monoisotopic (exact) mass is 879 g/mol. The zero-order valence-corrected chi connectivity index (χ0v) is 36.0. The number of aliphatic hydroxyl groups is 2. The van der Waals surface area contributed by atoms with Gasteiger partial charge in [-0.25, -0.2) is 14.5 Å². The predicted octanol–water partition coefficient (Wildman–Crippen LogP) is 5.57. The Labute approximate surface area is 370 Å². The predicted molar refractivity (Wildman–Crippen MR) is 234 cm³/mol. The van der Waals surface area contributed by atoms with Crippen LogP contribution in [0.5, 0.6) is 23.0 Å². The summed E-state index contributed by atoms with van der Waals surface area (Å²) in [4.78, 5) is 61.3. The number of hydrogen-bond acceptors (Lipinski definition) is 13. The van der Waals surface area contributed by atoms with Gasteiger partial charge in [-0.15, -0.1) is 0 Å². The average molecular weight is 880 g/mol. The molecule has 1 aliphatic carbocycles. The minimum absolute atomic E-state index is 0.0284. The lowest BCUT2D eigenvalue weighted by Crippen LogP contribution is -2.66. The molecular weight excluding hydrogens is 827 g/mol. The number of nitrogens with two attached hydrogens (primary N) is 1. The van der Waals surface area contributed by atoms with E-state index in [1.165, 1.54) is 48.3 Å². The number of nitrogens with zero attached hydrogens (tertiary/aromatic N) is 4. The topological polar surface area (TPSA) is 203 Å². The van der Waals surface area contributed by atoms with Crippen molar-refractivity contribution in [3.8, 4) is 23.0 Å². The summed E-state index contributed by atoms with van der Waals surface area (Å²) >= 11 is 0. The Balaban J connectivity index is 1.02. The molecule has 1 saturated carbocycles. The van der Waals surface area contributed by atoms with E-state index >= 15 is 0 Å². The molecule has 0 aromatic heterocycles. The lowest BCUT2D eigenvalue weighted by Gasteiger charge is -2.39. The molecule has 1 spiro atoms. The maximum atomic E-state index is 14.4. The fourth-order valence-electron chi connectivity index (χ4n) is 9.06. The first-order valence-electron chi connectivity index (χ1n) is 21.2. The molecule has 4 amide bonds. The summed E-state index contributed by atoms with van der Waals surface area (Å²) in [6.07, 6.45) is 4.88. The van der Waals surface area contributed by atoms with E-state index in [1.807, 2.05) is 30.5 Å². The Bertz CT molecular complexity index is 2380. The third kappa shape index (κ3) is 8.10. The summed E-state index contributed by atoms with van der Waals surface area (Å²) in [5, 5.41) is 21.3. The molecule has 4 aliphatic heterocycles. The summed E-state index contributed by atoms with van der Waals surface area (Å²) < 4.78 is 34.6. The van der Waals surface area contributed by atoms with Crippen molar-refractivity contribution in [1.82, 2.24) is 9.80 Å². The van der Waals surface area contributed by atoms with Gasteiger partial charge in [0.2, 0.25) is 0 Å². The van der Waals surface area contributed by atoms with Gasteiger partial charge in [0.1, 0.15) is 18.9 Å². The van der Waals surface area contributed by atoms with Gasteiger partial charge in [0.05, 0.1) is 56.5 Å². The molecule has 0 radical (unpaired) electrons. The van der Waals surface area contributed by atoms with Crippen molar-refractivity contribution in [2.75, 3.05) is 63.5 Å². The molecule has 338 valence electrons. The van der Waals surface area contributed by atoms with E-state index < -0.39 is 30.0 Å². The molecule has 1 unspecified atom stereocenters. The molecule has 0 bridgehead atoms. The van der Waals surface area contributed by atoms with Crippen LogP contribution in [0.4, 0.5) is 21.0 Å². The highest BCUT2D eigenvalue weighted by molar-refractivity contribution is 6.07. The molecule has 5 aliphatic rings. The zero-order chi connectivity index (χ0) is 45.3. The van der Waals surface area contributed by atoms with Crippen molar-refractivity contribution in [3.63, 3.8) is 0 Å². The molecule has 4 heterocycles. The van der Waals surface area contributed by atoms with Crippen LogP contribution in [0.2, 0.25) is 0 Å². The lowest BCUT2D eigenvalue weighted by atomic mass is 9.97. The molecule has 64 heavy (non-hydrogen) atoms. The second-order valence-corrected chi connectivity index (χ2v) is 16.6. The SMILES string of the molecule is C=CCOC(=O)N1CC[C@@H]2CC(c3ccc(CO)cc3)=CN2C(=O)c2cc(OC)c(OCCCOc3cc4c(cc3OC)C(=O)N3CC5(CC5)C[C@@]3(N)C(O)N4C(=O)OCC=C)cc21. The van der Waals surface area contributed by atoms with Crippen LogP contribution < -0.4 is 34.5 Å². The van der Waals surface area contributed by atoms with E-state index in [0.29, 0.717) is 32.2 Å². The summed E-state index contributed by atoms with van der Waals surface area (Å²) in [5.74, 6) is 0.139. The fourth-order valence-corrected chi connectivity index (χ4v) is 9.06. The molecule has 1 saturated heterocycles. The number of benzene rings is 3. The van der Waals surface area contributed by atoms with Crippen molar-refractivity contribution in [3.05, 3.63) is 102 Å². The lowest BCUT2D eigenvalue weighted by molar-refractivity contribution is 0.00198. The van der Waals surface area contributed by atoms with Crippen LogP contribution in [0, 0.1) is 5.41 Å². The van der Waals surface area contributed by atoms with Crippen LogP contribution in [0.1, 0.15) is 70.4 Å². The van der Waals surface area contributed by atoms with E-state index in [2.05, 4.69) is 13.2 Å². The molecular formula is C47H53N5O12. The van der Waals surface area contributed by atoms with Gasteiger partial charge in [-0.2, -0.15) is 0 Å². The molecule has 2 fully saturated rings. The number of methoxy groups -OCH3 is 2. The molecule has 3 aromatic rings. The van der Waals surface area contributed by atoms with Crippen LogP contribution in [0.15, 0.2) is 80.0 Å². The molecule has 3 atom stereocenters.